The van der Waals surface area contributed by atoms with Gasteiger partial charge in [0.2, 0.25) is 0 Å². The number of aliphatic imine (C=N–C) groups is 1. The zero-order valence-corrected chi connectivity index (χ0v) is 4.80. The molecule has 0 heterocycles. The number of hydrogen-bond donors (Lipinski definition) is 0. The van der Waals surface area contributed by atoms with Crippen LogP contribution in [-0.4, -0.2) is 18.5 Å². The minimum atomic E-state index is -0.282. The number of Topliss-reactive ketones (excluding diaryl/α,β-unsaturated/α-hetero) is 1. The van der Waals surface area contributed by atoms with Crippen LogP contribution in [0.4, 0.5) is 0 Å². The lowest BCUT2D eigenvalue weighted by atomic mass is 10.3. The maximum absolute atomic E-state index is 10.3. The quantitative estimate of drug-likeness (QED) is 0.452. The van der Waals surface area contributed by atoms with Crippen LogP contribution >= 0.6 is 0 Å². The standard InChI is InChI=1S/C5H6N2O/c1-4(8)5(3-6)7-2/h1-2H3. The van der Waals surface area contributed by atoms with Crippen LogP contribution in [0.3, 0.4) is 0 Å². The first kappa shape index (κ1) is 6.83. The minimum Gasteiger partial charge on any atom is -0.292 e. The Morgan fingerprint density at radius 3 is 2.25 bits per heavy atom. The van der Waals surface area contributed by atoms with Crippen LogP contribution in [0.2, 0.25) is 0 Å². The maximum Gasteiger partial charge on any atom is 0.188 e. The fraction of sp³-hybridized carbons (Fsp3) is 0.400. The molecule has 0 radical (unpaired) electrons. The largest absolute Gasteiger partial charge is 0.292 e. The van der Waals surface area contributed by atoms with E-state index in [0.29, 0.717) is 0 Å². The summed E-state index contributed by atoms with van der Waals surface area (Å²) in [4.78, 5) is 13.7. The third kappa shape index (κ3) is 1.52. The number of carbonyl (C=O) groups is 1. The summed E-state index contributed by atoms with van der Waals surface area (Å²) < 4.78 is 0. The van der Waals surface area contributed by atoms with Crippen molar-refractivity contribution in [1.82, 2.24) is 0 Å². The Kier molecular flexibility index (Phi) is 2.49. The molecule has 0 aliphatic rings. The normalized spacial score (nSPS) is 10.4. The highest BCUT2D eigenvalue weighted by Crippen LogP contribution is 1.74. The molecular formula is C5H6N2O. The highest BCUT2D eigenvalue weighted by molar-refractivity contribution is 6.45. The summed E-state index contributed by atoms with van der Waals surface area (Å²) in [5.74, 6) is -0.282. The Labute approximate surface area is 47.6 Å². The second-order valence-corrected chi connectivity index (χ2v) is 1.24. The molecular weight excluding hydrogens is 104 g/mol. The highest BCUT2D eigenvalue weighted by atomic mass is 16.1. The molecule has 0 unspecified atom stereocenters. The van der Waals surface area contributed by atoms with E-state index in [1.54, 1.807) is 6.07 Å². The van der Waals surface area contributed by atoms with Gasteiger partial charge in [-0.15, -0.1) is 0 Å². The fourth-order valence-electron chi connectivity index (χ4n) is 0.286. The topological polar surface area (TPSA) is 53.2 Å². The smallest absolute Gasteiger partial charge is 0.188 e. The number of carbonyl (C=O) groups excluding carboxylic acids is 1. The summed E-state index contributed by atoms with van der Waals surface area (Å²) in [7, 11) is 1.42. The van der Waals surface area contributed by atoms with Gasteiger partial charge in [-0.3, -0.25) is 9.79 Å². The summed E-state index contributed by atoms with van der Waals surface area (Å²) in [6, 6.07) is 1.65. The molecule has 0 spiro atoms. The lowest BCUT2D eigenvalue weighted by Crippen LogP contribution is -2.05. The van der Waals surface area contributed by atoms with E-state index in [2.05, 4.69) is 4.99 Å². The van der Waals surface area contributed by atoms with Crippen molar-refractivity contribution in [1.29, 1.82) is 5.26 Å². The molecule has 42 valence electrons. The Morgan fingerprint density at radius 2 is 2.25 bits per heavy atom. The Morgan fingerprint density at radius 1 is 1.75 bits per heavy atom. The molecule has 0 rings (SSSR count). The average Bonchev–Trinajstić information content (AvgIpc) is 1.69. The maximum atomic E-state index is 10.3. The number of hydrogen-bond acceptors (Lipinski definition) is 3. The Hall–Kier alpha value is -1.17. The summed E-state index contributed by atoms with van der Waals surface area (Å²) >= 11 is 0. The van der Waals surface area contributed by atoms with E-state index >= 15 is 0 Å². The average molecular weight is 110 g/mol. The summed E-state index contributed by atoms with van der Waals surface area (Å²) in [5.41, 5.74) is -0.0231. The van der Waals surface area contributed by atoms with Gasteiger partial charge < -0.3 is 0 Å². The van der Waals surface area contributed by atoms with E-state index in [1.165, 1.54) is 14.0 Å². The second-order valence-electron chi connectivity index (χ2n) is 1.24. The van der Waals surface area contributed by atoms with Gasteiger partial charge in [-0.25, -0.2) is 0 Å². The molecule has 8 heavy (non-hydrogen) atoms. The molecule has 3 nitrogen and oxygen atoms in total. The van der Waals surface area contributed by atoms with Crippen molar-refractivity contribution in [3.05, 3.63) is 0 Å². The van der Waals surface area contributed by atoms with Gasteiger partial charge in [0, 0.05) is 14.0 Å². The van der Waals surface area contributed by atoms with Gasteiger partial charge in [0.15, 0.2) is 11.5 Å². The number of nitriles is 1. The van der Waals surface area contributed by atoms with Gasteiger partial charge in [0.25, 0.3) is 0 Å². The van der Waals surface area contributed by atoms with Gasteiger partial charge >= 0.3 is 0 Å². The molecule has 0 atom stereocenters. The van der Waals surface area contributed by atoms with Crippen LogP contribution in [0.15, 0.2) is 4.99 Å². The second kappa shape index (κ2) is 2.92. The molecule has 0 aliphatic heterocycles. The van der Waals surface area contributed by atoms with Crippen molar-refractivity contribution in [2.45, 2.75) is 6.92 Å². The molecule has 0 N–H and O–H groups in total. The lowest BCUT2D eigenvalue weighted by Gasteiger charge is -1.81. The van der Waals surface area contributed by atoms with E-state index in [1.807, 2.05) is 0 Å². The lowest BCUT2D eigenvalue weighted by molar-refractivity contribution is -0.110. The van der Waals surface area contributed by atoms with Crippen molar-refractivity contribution in [3.63, 3.8) is 0 Å². The summed E-state index contributed by atoms with van der Waals surface area (Å²) in [5, 5.41) is 8.09. The van der Waals surface area contributed by atoms with Crippen LogP contribution in [0.5, 0.6) is 0 Å². The van der Waals surface area contributed by atoms with Crippen LogP contribution in [0.1, 0.15) is 6.92 Å². The molecule has 0 saturated carbocycles. The number of ketones is 1. The first-order valence-corrected chi connectivity index (χ1v) is 2.10. The zero-order chi connectivity index (χ0) is 6.57. The van der Waals surface area contributed by atoms with Crippen molar-refractivity contribution >= 4 is 11.5 Å². The molecule has 0 saturated heterocycles. The van der Waals surface area contributed by atoms with Crippen molar-refractivity contribution < 1.29 is 4.79 Å². The fourth-order valence-corrected chi connectivity index (χ4v) is 0.286. The molecule has 0 bridgehead atoms. The third-order valence-corrected chi connectivity index (χ3v) is 0.663. The van der Waals surface area contributed by atoms with Crippen molar-refractivity contribution in [2.75, 3.05) is 7.05 Å². The zero-order valence-electron chi connectivity index (χ0n) is 4.80. The van der Waals surface area contributed by atoms with Gasteiger partial charge in [-0.05, 0) is 0 Å². The van der Waals surface area contributed by atoms with E-state index in [9.17, 15) is 4.79 Å². The van der Waals surface area contributed by atoms with E-state index in [-0.39, 0.29) is 11.5 Å². The summed E-state index contributed by atoms with van der Waals surface area (Å²) in [6.07, 6.45) is 0. The van der Waals surface area contributed by atoms with E-state index in [0.717, 1.165) is 0 Å². The Bertz CT molecular complexity index is 164. The van der Waals surface area contributed by atoms with Gasteiger partial charge in [0.1, 0.15) is 6.07 Å². The minimum absolute atomic E-state index is 0.0231. The van der Waals surface area contributed by atoms with Crippen molar-refractivity contribution in [3.8, 4) is 6.07 Å². The third-order valence-electron chi connectivity index (χ3n) is 0.663. The highest BCUT2D eigenvalue weighted by Gasteiger charge is 1.99. The monoisotopic (exact) mass is 110 g/mol. The predicted octanol–water partition coefficient (Wildman–Crippen LogP) is 0.170. The van der Waals surface area contributed by atoms with Crippen molar-refractivity contribution in [2.24, 2.45) is 4.99 Å². The first-order chi connectivity index (χ1) is 3.72. The van der Waals surface area contributed by atoms with Gasteiger partial charge in [-0.2, -0.15) is 5.26 Å². The molecule has 3 heteroatoms. The number of nitrogens with zero attached hydrogens (tertiary/aromatic N) is 2. The van der Waals surface area contributed by atoms with E-state index in [4.69, 9.17) is 5.26 Å². The number of rotatable bonds is 1. The van der Waals surface area contributed by atoms with Crippen LogP contribution in [0, 0.1) is 11.3 Å². The molecule has 0 fully saturated rings. The summed E-state index contributed by atoms with van der Waals surface area (Å²) in [6.45, 7) is 1.31. The molecule has 0 aliphatic carbocycles. The first-order valence-electron chi connectivity index (χ1n) is 2.10. The molecule has 0 aromatic heterocycles. The predicted molar refractivity (Wildman–Crippen MR) is 29.7 cm³/mol. The molecule has 0 amide bonds. The van der Waals surface area contributed by atoms with Crippen LogP contribution < -0.4 is 0 Å². The van der Waals surface area contributed by atoms with Gasteiger partial charge in [0.05, 0.1) is 0 Å². The van der Waals surface area contributed by atoms with Crippen LogP contribution in [0.25, 0.3) is 0 Å². The van der Waals surface area contributed by atoms with Gasteiger partial charge in [-0.1, -0.05) is 0 Å². The Balaban J connectivity index is 4.20. The van der Waals surface area contributed by atoms with Crippen LogP contribution in [-0.2, 0) is 4.79 Å². The SMILES string of the molecule is CN=C(C#N)C(C)=O. The molecule has 0 aromatic carbocycles. The van der Waals surface area contributed by atoms with E-state index < -0.39 is 0 Å². The molecule has 0 aromatic rings.